The van der Waals surface area contributed by atoms with Gasteiger partial charge in [-0.25, -0.2) is 0 Å². The summed E-state index contributed by atoms with van der Waals surface area (Å²) in [5, 5.41) is 0.718. The van der Waals surface area contributed by atoms with Crippen LogP contribution in [0.1, 0.15) is 5.56 Å². The number of thioether (sulfide) groups is 1. The number of hydrogen-bond acceptors (Lipinski definition) is 5. The molecule has 124 valence electrons. The number of rotatable bonds is 0. The van der Waals surface area contributed by atoms with Crippen LogP contribution < -0.4 is 4.90 Å². The lowest BCUT2D eigenvalue weighted by Crippen LogP contribution is -2.46. The molecule has 0 radical (unpaired) electrons. The van der Waals surface area contributed by atoms with Crippen molar-refractivity contribution in [3.63, 3.8) is 0 Å². The maximum absolute atomic E-state index is 12.7. The number of fused-ring (bicyclic) bond motifs is 1. The molecule has 0 aromatic heterocycles. The fourth-order valence-electron chi connectivity index (χ4n) is 3.18. The van der Waals surface area contributed by atoms with E-state index >= 15 is 0 Å². The zero-order chi connectivity index (χ0) is 16.8. The minimum Gasteiger partial charge on any atom is -0.348 e. The van der Waals surface area contributed by atoms with Crippen molar-refractivity contribution >= 4 is 40.0 Å². The molecule has 24 heavy (non-hydrogen) atoms. The van der Waals surface area contributed by atoms with Gasteiger partial charge in [-0.1, -0.05) is 18.2 Å². The van der Waals surface area contributed by atoms with Crippen molar-refractivity contribution in [3.05, 3.63) is 34.7 Å². The van der Waals surface area contributed by atoms with Gasteiger partial charge in [0.1, 0.15) is 0 Å². The topological polar surface area (TPSA) is 56.2 Å². The van der Waals surface area contributed by atoms with E-state index in [2.05, 4.69) is 21.8 Å². The van der Waals surface area contributed by atoms with Crippen LogP contribution in [0.15, 0.2) is 34.2 Å². The molecule has 2 amide bonds. The number of amides is 2. The molecular formula is C17H18N4O2S. The standard InChI is InChI=1S/C17H18N4O2S/c1-19-7-9-21(10-8-19)17-18-15(22)14(24-17)13-11-5-3-4-6-12(11)20(2)16(13)23/h3-6H,7-10H2,1-2H3/b14-13-. The van der Waals surface area contributed by atoms with E-state index in [9.17, 15) is 9.59 Å². The van der Waals surface area contributed by atoms with Gasteiger partial charge in [-0.15, -0.1) is 0 Å². The Morgan fingerprint density at radius 3 is 2.50 bits per heavy atom. The van der Waals surface area contributed by atoms with E-state index in [1.54, 1.807) is 11.9 Å². The van der Waals surface area contributed by atoms with Crippen molar-refractivity contribution in [3.8, 4) is 0 Å². The maximum Gasteiger partial charge on any atom is 0.287 e. The van der Waals surface area contributed by atoms with Crippen molar-refractivity contribution in [1.29, 1.82) is 0 Å². The molecule has 7 heteroatoms. The van der Waals surface area contributed by atoms with Gasteiger partial charge in [0.25, 0.3) is 11.8 Å². The molecule has 0 unspecified atom stereocenters. The Morgan fingerprint density at radius 1 is 1.04 bits per heavy atom. The Morgan fingerprint density at radius 2 is 1.75 bits per heavy atom. The molecule has 3 aliphatic heterocycles. The number of benzene rings is 1. The van der Waals surface area contributed by atoms with Crippen LogP contribution >= 0.6 is 11.8 Å². The number of nitrogens with zero attached hydrogens (tertiary/aromatic N) is 4. The van der Waals surface area contributed by atoms with Gasteiger partial charge in [-0.3, -0.25) is 9.59 Å². The summed E-state index contributed by atoms with van der Waals surface area (Å²) < 4.78 is 0. The van der Waals surface area contributed by atoms with E-state index in [4.69, 9.17) is 0 Å². The normalized spacial score (nSPS) is 24.7. The molecule has 1 aromatic rings. The lowest BCUT2D eigenvalue weighted by atomic mass is 10.1. The highest BCUT2D eigenvalue weighted by atomic mass is 32.2. The van der Waals surface area contributed by atoms with Crippen molar-refractivity contribution in [2.45, 2.75) is 0 Å². The van der Waals surface area contributed by atoms with Gasteiger partial charge < -0.3 is 14.7 Å². The monoisotopic (exact) mass is 342 g/mol. The third-order valence-corrected chi connectivity index (χ3v) is 5.75. The van der Waals surface area contributed by atoms with Gasteiger partial charge in [0.05, 0.1) is 16.2 Å². The van der Waals surface area contributed by atoms with Crippen LogP contribution in [0, 0.1) is 0 Å². The average Bonchev–Trinajstić information content (AvgIpc) is 3.07. The Bertz CT molecular complexity index is 794. The van der Waals surface area contributed by atoms with E-state index in [1.807, 2.05) is 24.3 Å². The molecule has 0 atom stereocenters. The van der Waals surface area contributed by atoms with Crippen LogP contribution in [0.5, 0.6) is 0 Å². The van der Waals surface area contributed by atoms with Gasteiger partial charge in [0.2, 0.25) is 0 Å². The molecule has 6 nitrogen and oxygen atoms in total. The van der Waals surface area contributed by atoms with Gasteiger partial charge in [0.15, 0.2) is 5.17 Å². The van der Waals surface area contributed by atoms with Crippen LogP contribution in [-0.4, -0.2) is 67.1 Å². The molecule has 1 aromatic carbocycles. The maximum atomic E-state index is 12.7. The van der Waals surface area contributed by atoms with Crippen LogP contribution in [0.2, 0.25) is 0 Å². The van der Waals surface area contributed by atoms with Crippen LogP contribution in [0.4, 0.5) is 5.69 Å². The number of hydrogen-bond donors (Lipinski definition) is 0. The summed E-state index contributed by atoms with van der Waals surface area (Å²) >= 11 is 1.33. The second-order valence-electron chi connectivity index (χ2n) is 6.18. The third-order valence-electron chi connectivity index (χ3n) is 4.64. The number of likely N-dealkylation sites (N-methyl/N-ethyl adjacent to an activating group) is 2. The number of carbonyl (C=O) groups excluding carboxylic acids is 2. The second-order valence-corrected chi connectivity index (χ2v) is 7.15. The summed E-state index contributed by atoms with van der Waals surface area (Å²) in [7, 11) is 3.82. The first-order valence-electron chi connectivity index (χ1n) is 7.92. The lowest BCUT2D eigenvalue weighted by molar-refractivity contribution is -0.115. The zero-order valence-electron chi connectivity index (χ0n) is 13.7. The number of para-hydroxylation sites is 1. The summed E-state index contributed by atoms with van der Waals surface area (Å²) in [6, 6.07) is 7.57. The smallest absolute Gasteiger partial charge is 0.287 e. The molecule has 3 heterocycles. The molecule has 0 bridgehead atoms. The Labute approximate surface area is 144 Å². The van der Waals surface area contributed by atoms with Crippen LogP contribution in [-0.2, 0) is 9.59 Å². The van der Waals surface area contributed by atoms with Crippen molar-refractivity contribution in [2.75, 3.05) is 45.2 Å². The van der Waals surface area contributed by atoms with Gasteiger partial charge in [0, 0.05) is 38.8 Å². The minimum absolute atomic E-state index is 0.137. The number of aliphatic imine (C=N–C) groups is 1. The first-order chi connectivity index (χ1) is 11.6. The molecule has 0 spiro atoms. The van der Waals surface area contributed by atoms with E-state index in [1.165, 1.54) is 11.8 Å². The number of anilines is 1. The summed E-state index contributed by atoms with van der Waals surface area (Å²) in [6.07, 6.45) is 0. The predicted molar refractivity (Wildman–Crippen MR) is 95.9 cm³/mol. The summed E-state index contributed by atoms with van der Waals surface area (Å²) in [5.74, 6) is -0.441. The highest BCUT2D eigenvalue weighted by Crippen LogP contribution is 2.42. The third kappa shape index (κ3) is 2.35. The SMILES string of the molecule is CN1CCN(C2=NC(=O)/C(=C3/C(=O)N(C)c4ccccc43)S2)CC1. The Balaban J connectivity index is 1.68. The molecular weight excluding hydrogens is 324 g/mol. The van der Waals surface area contributed by atoms with Crippen molar-refractivity contribution < 1.29 is 9.59 Å². The highest BCUT2D eigenvalue weighted by Gasteiger charge is 2.38. The number of piperazine rings is 1. The Hall–Kier alpha value is -2.12. The first kappa shape index (κ1) is 15.4. The molecule has 0 N–H and O–H groups in total. The molecule has 3 aliphatic rings. The predicted octanol–water partition coefficient (Wildman–Crippen LogP) is 1.25. The van der Waals surface area contributed by atoms with E-state index < -0.39 is 0 Å². The number of amidine groups is 1. The molecule has 0 aliphatic carbocycles. The van der Waals surface area contributed by atoms with Crippen LogP contribution in [0.3, 0.4) is 0 Å². The van der Waals surface area contributed by atoms with E-state index in [0.29, 0.717) is 10.5 Å². The molecule has 4 rings (SSSR count). The summed E-state index contributed by atoms with van der Waals surface area (Å²) in [5.41, 5.74) is 2.14. The average molecular weight is 342 g/mol. The Kier molecular flexibility index (Phi) is 3.69. The quantitative estimate of drug-likeness (QED) is 0.664. The van der Waals surface area contributed by atoms with Gasteiger partial charge in [-0.2, -0.15) is 4.99 Å². The van der Waals surface area contributed by atoms with Crippen LogP contribution in [0.25, 0.3) is 5.57 Å². The second kappa shape index (κ2) is 5.75. The molecule has 0 saturated carbocycles. The lowest BCUT2D eigenvalue weighted by Gasteiger charge is -2.33. The minimum atomic E-state index is -0.303. The number of carbonyl (C=O) groups is 2. The van der Waals surface area contributed by atoms with E-state index in [0.717, 1.165) is 42.6 Å². The van der Waals surface area contributed by atoms with Gasteiger partial charge in [-0.05, 0) is 24.9 Å². The van der Waals surface area contributed by atoms with E-state index in [-0.39, 0.29) is 11.8 Å². The van der Waals surface area contributed by atoms with Gasteiger partial charge >= 0.3 is 0 Å². The molecule has 1 saturated heterocycles. The largest absolute Gasteiger partial charge is 0.348 e. The summed E-state index contributed by atoms with van der Waals surface area (Å²) in [4.78, 5) is 35.8. The molecule has 1 fully saturated rings. The fraction of sp³-hybridized carbons (Fsp3) is 0.353. The zero-order valence-corrected chi connectivity index (χ0v) is 14.5. The summed E-state index contributed by atoms with van der Waals surface area (Å²) in [6.45, 7) is 3.60. The van der Waals surface area contributed by atoms with Crippen molar-refractivity contribution in [1.82, 2.24) is 9.80 Å². The highest BCUT2D eigenvalue weighted by molar-refractivity contribution is 8.18. The van der Waals surface area contributed by atoms with Crippen molar-refractivity contribution in [2.24, 2.45) is 4.99 Å². The fourth-order valence-corrected chi connectivity index (χ4v) is 4.23. The first-order valence-corrected chi connectivity index (χ1v) is 8.74.